The topological polar surface area (TPSA) is 29.1 Å². The Hall–Kier alpha value is -1.82. The molecule has 0 fully saturated rings. The Morgan fingerprint density at radius 1 is 1.16 bits per heavy atom. The van der Waals surface area contributed by atoms with Crippen LogP contribution >= 0.6 is 11.3 Å². The van der Waals surface area contributed by atoms with Crippen molar-refractivity contribution >= 4 is 22.8 Å². The second-order valence-electron chi connectivity index (χ2n) is 3.80. The molecule has 0 bridgehead atoms. The van der Waals surface area contributed by atoms with Gasteiger partial charge in [-0.25, -0.2) is 13.2 Å². The van der Waals surface area contributed by atoms with Crippen LogP contribution in [0, 0.1) is 17.5 Å². The molecule has 1 heterocycles. The fourth-order valence-corrected chi connectivity index (χ4v) is 2.23. The van der Waals surface area contributed by atoms with E-state index in [1.165, 1.54) is 11.3 Å². The Bertz CT molecular complexity index is 584. The molecule has 0 spiro atoms. The van der Waals surface area contributed by atoms with E-state index < -0.39 is 17.5 Å². The zero-order valence-corrected chi connectivity index (χ0v) is 10.6. The summed E-state index contributed by atoms with van der Waals surface area (Å²) in [4.78, 5) is 12.3. The number of carbonyl (C=O) groups is 1. The highest BCUT2D eigenvalue weighted by Crippen LogP contribution is 2.19. The van der Waals surface area contributed by atoms with E-state index in [9.17, 15) is 18.0 Å². The summed E-state index contributed by atoms with van der Waals surface area (Å²) in [6, 6.07) is 5.40. The van der Waals surface area contributed by atoms with Crippen LogP contribution < -0.4 is 5.32 Å². The molecule has 6 heteroatoms. The Morgan fingerprint density at radius 3 is 2.63 bits per heavy atom. The number of benzene rings is 1. The lowest BCUT2D eigenvalue weighted by molar-refractivity contribution is 0.0990. The summed E-state index contributed by atoms with van der Waals surface area (Å²) >= 11 is 1.32. The van der Waals surface area contributed by atoms with Crippen molar-refractivity contribution in [3.8, 4) is 0 Å². The molecule has 2 aromatic rings. The molecular formula is C13H10F3NOS. The molecule has 0 saturated heterocycles. The van der Waals surface area contributed by atoms with Crippen molar-refractivity contribution in [1.29, 1.82) is 0 Å². The van der Waals surface area contributed by atoms with Crippen LogP contribution in [0.4, 0.5) is 18.9 Å². The molecular weight excluding hydrogens is 275 g/mol. The molecule has 0 saturated carbocycles. The number of thiophene rings is 1. The second kappa shape index (κ2) is 5.88. The van der Waals surface area contributed by atoms with Crippen molar-refractivity contribution in [2.24, 2.45) is 0 Å². The van der Waals surface area contributed by atoms with Gasteiger partial charge in [-0.3, -0.25) is 4.79 Å². The van der Waals surface area contributed by atoms with Crippen molar-refractivity contribution in [2.75, 3.05) is 11.9 Å². The number of nitrogens with one attached hydrogen (secondary N) is 1. The van der Waals surface area contributed by atoms with E-state index in [0.29, 0.717) is 4.88 Å². The summed E-state index contributed by atoms with van der Waals surface area (Å²) in [6.07, 6.45) is 0.152. The largest absolute Gasteiger partial charge is 0.382 e. The average Bonchev–Trinajstić information content (AvgIpc) is 2.92. The van der Waals surface area contributed by atoms with Gasteiger partial charge in [0.25, 0.3) is 0 Å². The van der Waals surface area contributed by atoms with Gasteiger partial charge in [0.15, 0.2) is 23.2 Å². The number of anilines is 1. The highest BCUT2D eigenvalue weighted by Gasteiger charge is 2.13. The molecule has 0 aliphatic carbocycles. The maximum Gasteiger partial charge on any atom is 0.196 e. The van der Waals surface area contributed by atoms with Gasteiger partial charge < -0.3 is 5.32 Å². The first-order chi connectivity index (χ1) is 9.09. The minimum atomic E-state index is -1.52. The molecule has 1 aromatic heterocycles. The van der Waals surface area contributed by atoms with Crippen molar-refractivity contribution in [2.45, 2.75) is 6.42 Å². The van der Waals surface area contributed by atoms with Crippen LogP contribution in [0.15, 0.2) is 29.6 Å². The molecule has 0 radical (unpaired) electrons. The predicted molar refractivity (Wildman–Crippen MR) is 68.1 cm³/mol. The van der Waals surface area contributed by atoms with E-state index in [0.717, 1.165) is 12.1 Å². The number of halogens is 3. The Balaban J connectivity index is 1.93. The lowest BCUT2D eigenvalue weighted by Gasteiger charge is -2.07. The molecule has 1 N–H and O–H groups in total. The second-order valence-corrected chi connectivity index (χ2v) is 4.75. The minimum absolute atomic E-state index is 0.0782. The SMILES string of the molecule is O=C(CCNc1ccc(F)c(F)c1F)c1cccs1. The van der Waals surface area contributed by atoms with Crippen LogP contribution in [-0.2, 0) is 0 Å². The average molecular weight is 285 g/mol. The van der Waals surface area contributed by atoms with Crippen LogP contribution in [0.1, 0.15) is 16.1 Å². The summed E-state index contributed by atoms with van der Waals surface area (Å²) in [7, 11) is 0. The molecule has 19 heavy (non-hydrogen) atoms. The number of ketones is 1. The van der Waals surface area contributed by atoms with E-state index in [4.69, 9.17) is 0 Å². The standard InChI is InChI=1S/C13H10F3NOS/c14-8-3-4-9(13(16)12(8)15)17-6-5-10(18)11-2-1-7-19-11/h1-4,7,17H,5-6H2. The van der Waals surface area contributed by atoms with Crippen LogP contribution in [0.25, 0.3) is 0 Å². The Kier molecular flexibility index (Phi) is 4.21. The van der Waals surface area contributed by atoms with E-state index in [-0.39, 0.29) is 24.4 Å². The quantitative estimate of drug-likeness (QED) is 0.668. The van der Waals surface area contributed by atoms with Crippen LogP contribution in [-0.4, -0.2) is 12.3 Å². The van der Waals surface area contributed by atoms with E-state index in [1.54, 1.807) is 17.5 Å². The highest BCUT2D eigenvalue weighted by atomic mass is 32.1. The number of hydrogen-bond acceptors (Lipinski definition) is 3. The molecule has 100 valence electrons. The molecule has 1 aromatic carbocycles. The van der Waals surface area contributed by atoms with Gasteiger partial charge in [-0.05, 0) is 23.6 Å². The lowest BCUT2D eigenvalue weighted by atomic mass is 10.2. The molecule has 0 atom stereocenters. The third-order valence-electron chi connectivity index (χ3n) is 2.50. The van der Waals surface area contributed by atoms with Crippen LogP contribution in [0.2, 0.25) is 0 Å². The van der Waals surface area contributed by atoms with Gasteiger partial charge in [0.2, 0.25) is 0 Å². The van der Waals surface area contributed by atoms with Crippen molar-refractivity contribution in [1.82, 2.24) is 0 Å². The maximum absolute atomic E-state index is 13.3. The van der Waals surface area contributed by atoms with Gasteiger partial charge in [-0.15, -0.1) is 11.3 Å². The van der Waals surface area contributed by atoms with Gasteiger partial charge in [0.1, 0.15) is 0 Å². The summed E-state index contributed by atoms with van der Waals surface area (Å²) in [5.74, 6) is -4.11. The van der Waals surface area contributed by atoms with Crippen molar-refractivity contribution in [3.63, 3.8) is 0 Å². The first-order valence-corrected chi connectivity index (χ1v) is 6.41. The van der Waals surface area contributed by atoms with Crippen molar-refractivity contribution < 1.29 is 18.0 Å². The van der Waals surface area contributed by atoms with Crippen LogP contribution in [0.5, 0.6) is 0 Å². The molecule has 0 aliphatic rings. The van der Waals surface area contributed by atoms with Gasteiger partial charge in [0.05, 0.1) is 10.6 Å². The van der Waals surface area contributed by atoms with E-state index in [2.05, 4.69) is 5.32 Å². The fraction of sp³-hybridized carbons (Fsp3) is 0.154. The normalized spacial score (nSPS) is 10.5. The number of rotatable bonds is 5. The smallest absolute Gasteiger partial charge is 0.196 e. The third kappa shape index (κ3) is 3.14. The zero-order valence-electron chi connectivity index (χ0n) is 9.75. The highest BCUT2D eigenvalue weighted by molar-refractivity contribution is 7.12. The minimum Gasteiger partial charge on any atom is -0.382 e. The van der Waals surface area contributed by atoms with E-state index >= 15 is 0 Å². The molecule has 2 rings (SSSR count). The summed E-state index contributed by atoms with van der Waals surface area (Å²) < 4.78 is 38.9. The van der Waals surface area contributed by atoms with Gasteiger partial charge in [-0.1, -0.05) is 6.07 Å². The summed E-state index contributed by atoms with van der Waals surface area (Å²) in [5.41, 5.74) is -0.155. The maximum atomic E-state index is 13.3. The first-order valence-electron chi connectivity index (χ1n) is 5.53. The third-order valence-corrected chi connectivity index (χ3v) is 3.41. The Morgan fingerprint density at radius 2 is 1.95 bits per heavy atom. The fourth-order valence-electron chi connectivity index (χ4n) is 1.53. The summed E-state index contributed by atoms with van der Waals surface area (Å²) in [5, 5.41) is 4.36. The zero-order chi connectivity index (χ0) is 13.8. The number of carbonyl (C=O) groups excluding carboxylic acids is 1. The summed E-state index contributed by atoms with van der Waals surface area (Å²) in [6.45, 7) is 0.152. The molecule has 2 nitrogen and oxygen atoms in total. The van der Waals surface area contributed by atoms with Gasteiger partial charge >= 0.3 is 0 Å². The molecule has 0 unspecified atom stereocenters. The van der Waals surface area contributed by atoms with Gasteiger partial charge in [0, 0.05) is 13.0 Å². The molecule has 0 amide bonds. The van der Waals surface area contributed by atoms with Crippen molar-refractivity contribution in [3.05, 3.63) is 52.0 Å². The predicted octanol–water partition coefficient (Wildman–Crippen LogP) is 3.85. The molecule has 0 aliphatic heterocycles. The number of hydrogen-bond donors (Lipinski definition) is 1. The number of Topliss-reactive ketones (excluding diaryl/α,β-unsaturated/α-hetero) is 1. The van der Waals surface area contributed by atoms with E-state index in [1.807, 2.05) is 0 Å². The van der Waals surface area contributed by atoms with Crippen LogP contribution in [0.3, 0.4) is 0 Å². The van der Waals surface area contributed by atoms with Gasteiger partial charge in [-0.2, -0.15) is 0 Å². The monoisotopic (exact) mass is 285 g/mol. The lowest BCUT2D eigenvalue weighted by Crippen LogP contribution is -2.10. The Labute approximate surface area is 111 Å². The first kappa shape index (κ1) is 13.6.